The third kappa shape index (κ3) is 3.05. The van der Waals surface area contributed by atoms with E-state index in [0.29, 0.717) is 0 Å². The van der Waals surface area contributed by atoms with Crippen LogP contribution in [0.5, 0.6) is 0 Å². The van der Waals surface area contributed by atoms with Gasteiger partial charge in [-0.1, -0.05) is 35.5 Å². The van der Waals surface area contributed by atoms with Crippen molar-refractivity contribution in [2.75, 3.05) is 0 Å². The number of pyridine rings is 1. The zero-order valence-corrected chi connectivity index (χ0v) is 15.3. The molecule has 4 aromatic rings. The van der Waals surface area contributed by atoms with Crippen molar-refractivity contribution >= 4 is 17.4 Å². The summed E-state index contributed by atoms with van der Waals surface area (Å²) in [6.45, 7) is 6.14. The van der Waals surface area contributed by atoms with Gasteiger partial charge in [-0.05, 0) is 44.5 Å². The van der Waals surface area contributed by atoms with E-state index in [1.807, 2.05) is 19.2 Å². The minimum absolute atomic E-state index is 0.755. The number of nitrogens with zero attached hydrogens (tertiary/aromatic N) is 5. The molecule has 0 aliphatic rings. The van der Waals surface area contributed by atoms with E-state index in [9.17, 15) is 0 Å². The summed E-state index contributed by atoms with van der Waals surface area (Å²) in [4.78, 5) is 4.73. The summed E-state index contributed by atoms with van der Waals surface area (Å²) < 4.78 is 4.16. The van der Waals surface area contributed by atoms with Gasteiger partial charge >= 0.3 is 0 Å². The Hall–Kier alpha value is -2.60. The first-order valence-electron chi connectivity index (χ1n) is 8.17. The first kappa shape index (κ1) is 15.9. The third-order valence-corrected chi connectivity index (χ3v) is 5.13. The van der Waals surface area contributed by atoms with Crippen LogP contribution < -0.4 is 0 Å². The van der Waals surface area contributed by atoms with E-state index in [2.05, 4.69) is 69.5 Å². The zero-order chi connectivity index (χ0) is 17.4. The SMILES string of the molecule is Cc1ccc(-n2c(C)nnc2SCc2cn3cccc(C)c3n2)cc1. The van der Waals surface area contributed by atoms with Crippen LogP contribution in [0.2, 0.25) is 0 Å². The van der Waals surface area contributed by atoms with Crippen LogP contribution in [-0.2, 0) is 5.75 Å². The van der Waals surface area contributed by atoms with E-state index in [4.69, 9.17) is 4.98 Å². The summed E-state index contributed by atoms with van der Waals surface area (Å²) in [6, 6.07) is 12.5. The number of aryl methyl sites for hydroxylation is 3. The van der Waals surface area contributed by atoms with Crippen LogP contribution in [-0.4, -0.2) is 24.1 Å². The van der Waals surface area contributed by atoms with Gasteiger partial charge in [-0.3, -0.25) is 4.57 Å². The number of hydrogen-bond acceptors (Lipinski definition) is 4. The van der Waals surface area contributed by atoms with Gasteiger partial charge in [0, 0.05) is 23.8 Å². The van der Waals surface area contributed by atoms with Crippen LogP contribution in [0.25, 0.3) is 11.3 Å². The summed E-state index contributed by atoms with van der Waals surface area (Å²) in [5.74, 6) is 1.64. The molecule has 0 aliphatic carbocycles. The molecule has 0 amide bonds. The van der Waals surface area contributed by atoms with Crippen molar-refractivity contribution in [2.24, 2.45) is 0 Å². The Bertz CT molecular complexity index is 1030. The maximum Gasteiger partial charge on any atom is 0.196 e. The number of imidazole rings is 1. The standard InChI is InChI=1S/C19H19N5S/c1-13-6-8-17(9-7-13)24-15(3)21-22-19(24)25-12-16-11-23-10-4-5-14(2)18(23)20-16/h4-11H,12H2,1-3H3. The van der Waals surface area contributed by atoms with Gasteiger partial charge in [0.2, 0.25) is 0 Å². The van der Waals surface area contributed by atoms with E-state index < -0.39 is 0 Å². The van der Waals surface area contributed by atoms with Crippen molar-refractivity contribution in [1.82, 2.24) is 24.1 Å². The van der Waals surface area contributed by atoms with Gasteiger partial charge in [-0.2, -0.15) is 0 Å². The first-order valence-corrected chi connectivity index (χ1v) is 9.15. The van der Waals surface area contributed by atoms with Crippen LogP contribution in [0.4, 0.5) is 0 Å². The fourth-order valence-corrected chi connectivity index (χ4v) is 3.72. The summed E-state index contributed by atoms with van der Waals surface area (Å²) >= 11 is 1.65. The molecule has 126 valence electrons. The van der Waals surface area contributed by atoms with Crippen LogP contribution in [0.15, 0.2) is 53.9 Å². The van der Waals surface area contributed by atoms with Gasteiger partial charge in [-0.25, -0.2) is 4.98 Å². The topological polar surface area (TPSA) is 48.0 Å². The Morgan fingerprint density at radius 1 is 1.00 bits per heavy atom. The van der Waals surface area contributed by atoms with Gasteiger partial charge in [0.05, 0.1) is 5.69 Å². The number of benzene rings is 1. The molecule has 6 heteroatoms. The second-order valence-corrected chi connectivity index (χ2v) is 7.09. The highest BCUT2D eigenvalue weighted by Gasteiger charge is 2.13. The van der Waals surface area contributed by atoms with Crippen LogP contribution >= 0.6 is 11.8 Å². The van der Waals surface area contributed by atoms with Crippen molar-refractivity contribution in [3.8, 4) is 5.69 Å². The van der Waals surface area contributed by atoms with Gasteiger partial charge in [-0.15, -0.1) is 10.2 Å². The molecule has 3 aromatic heterocycles. The molecule has 1 aromatic carbocycles. The maximum absolute atomic E-state index is 4.73. The van der Waals surface area contributed by atoms with Crippen LogP contribution in [0.3, 0.4) is 0 Å². The van der Waals surface area contributed by atoms with Crippen molar-refractivity contribution in [2.45, 2.75) is 31.7 Å². The lowest BCUT2D eigenvalue weighted by Crippen LogP contribution is -1.99. The van der Waals surface area contributed by atoms with E-state index in [-0.39, 0.29) is 0 Å². The molecule has 0 unspecified atom stereocenters. The van der Waals surface area contributed by atoms with Gasteiger partial charge in [0.1, 0.15) is 11.5 Å². The molecule has 25 heavy (non-hydrogen) atoms. The highest BCUT2D eigenvalue weighted by molar-refractivity contribution is 7.98. The molecule has 0 N–H and O–H groups in total. The van der Waals surface area contributed by atoms with E-state index in [1.165, 1.54) is 11.1 Å². The van der Waals surface area contributed by atoms with Gasteiger partial charge < -0.3 is 4.40 Å². The fourth-order valence-electron chi connectivity index (χ4n) is 2.84. The van der Waals surface area contributed by atoms with Crippen molar-refractivity contribution in [1.29, 1.82) is 0 Å². The summed E-state index contributed by atoms with van der Waals surface area (Å²) in [6.07, 6.45) is 4.11. The lowest BCUT2D eigenvalue weighted by Gasteiger charge is -2.08. The van der Waals surface area contributed by atoms with Crippen molar-refractivity contribution in [3.05, 3.63) is 71.4 Å². The van der Waals surface area contributed by atoms with Crippen molar-refractivity contribution in [3.63, 3.8) is 0 Å². The van der Waals surface area contributed by atoms with Crippen LogP contribution in [0, 0.1) is 20.8 Å². The smallest absolute Gasteiger partial charge is 0.196 e. The summed E-state index contributed by atoms with van der Waals surface area (Å²) in [5.41, 5.74) is 5.55. The predicted octanol–water partition coefficient (Wildman–Crippen LogP) is 4.13. The number of fused-ring (bicyclic) bond motifs is 1. The maximum atomic E-state index is 4.73. The Balaban J connectivity index is 1.61. The zero-order valence-electron chi connectivity index (χ0n) is 14.5. The molecule has 0 radical (unpaired) electrons. The minimum atomic E-state index is 0.755. The van der Waals surface area contributed by atoms with E-state index in [0.717, 1.165) is 33.8 Å². The third-order valence-electron chi connectivity index (χ3n) is 4.16. The predicted molar refractivity (Wildman–Crippen MR) is 100 cm³/mol. The molecule has 0 bridgehead atoms. The van der Waals surface area contributed by atoms with Crippen LogP contribution in [0.1, 0.15) is 22.6 Å². The molecule has 0 fully saturated rings. The van der Waals surface area contributed by atoms with E-state index in [1.54, 1.807) is 11.8 Å². The normalized spacial score (nSPS) is 11.3. The second kappa shape index (κ2) is 6.37. The highest BCUT2D eigenvalue weighted by Crippen LogP contribution is 2.25. The molecule has 0 atom stereocenters. The molecular formula is C19H19N5S. The lowest BCUT2D eigenvalue weighted by molar-refractivity contribution is 0.867. The molecule has 5 nitrogen and oxygen atoms in total. The van der Waals surface area contributed by atoms with E-state index >= 15 is 0 Å². The lowest BCUT2D eigenvalue weighted by atomic mass is 10.2. The number of thioether (sulfide) groups is 1. The Kier molecular flexibility index (Phi) is 4.05. The highest BCUT2D eigenvalue weighted by atomic mass is 32.2. The first-order chi connectivity index (χ1) is 12.1. The molecular weight excluding hydrogens is 330 g/mol. The molecule has 0 aliphatic heterocycles. The number of aromatic nitrogens is 5. The summed E-state index contributed by atoms with van der Waals surface area (Å²) in [5, 5.41) is 9.48. The second-order valence-electron chi connectivity index (χ2n) is 6.14. The molecule has 0 saturated carbocycles. The molecule has 0 spiro atoms. The number of rotatable bonds is 4. The monoisotopic (exact) mass is 349 g/mol. The largest absolute Gasteiger partial charge is 0.307 e. The van der Waals surface area contributed by atoms with Crippen molar-refractivity contribution < 1.29 is 0 Å². The molecule has 0 saturated heterocycles. The fraction of sp³-hybridized carbons (Fsp3) is 0.211. The average molecular weight is 349 g/mol. The Morgan fingerprint density at radius 2 is 1.80 bits per heavy atom. The quantitative estimate of drug-likeness (QED) is 0.520. The Morgan fingerprint density at radius 3 is 2.56 bits per heavy atom. The van der Waals surface area contributed by atoms with Gasteiger partial charge in [0.15, 0.2) is 5.16 Å². The average Bonchev–Trinajstić information content (AvgIpc) is 3.18. The summed E-state index contributed by atoms with van der Waals surface area (Å²) in [7, 11) is 0. The number of hydrogen-bond donors (Lipinski definition) is 0. The molecule has 3 heterocycles. The Labute approximate surface area is 150 Å². The van der Waals surface area contributed by atoms with Gasteiger partial charge in [0.25, 0.3) is 0 Å². The molecule has 4 rings (SSSR count). The minimum Gasteiger partial charge on any atom is -0.307 e.